The molecule has 1 fully saturated rings. The first kappa shape index (κ1) is 12.5. The minimum atomic E-state index is 0.227. The maximum atomic E-state index is 11.6. The molecule has 0 aliphatic heterocycles. The molecule has 0 heterocycles. The van der Waals surface area contributed by atoms with E-state index in [0.29, 0.717) is 12.6 Å². The zero-order valence-corrected chi connectivity index (χ0v) is 10.3. The van der Waals surface area contributed by atoms with Crippen molar-refractivity contribution in [3.05, 3.63) is 0 Å². The van der Waals surface area contributed by atoms with Crippen molar-refractivity contribution in [3.63, 3.8) is 0 Å². The summed E-state index contributed by atoms with van der Waals surface area (Å²) in [5.41, 5.74) is 0. The average Bonchev–Trinajstić information content (AvgIpc) is 2.96. The van der Waals surface area contributed by atoms with Crippen LogP contribution in [0, 0.1) is 5.92 Å². The van der Waals surface area contributed by atoms with Gasteiger partial charge in [-0.2, -0.15) is 0 Å². The summed E-state index contributed by atoms with van der Waals surface area (Å²) >= 11 is 0. The van der Waals surface area contributed by atoms with Crippen LogP contribution in [0.1, 0.15) is 39.5 Å². The van der Waals surface area contributed by atoms with E-state index in [0.717, 1.165) is 18.9 Å². The van der Waals surface area contributed by atoms with Gasteiger partial charge in [-0.3, -0.25) is 4.79 Å². The maximum Gasteiger partial charge on any atom is 0.236 e. The Morgan fingerprint density at radius 3 is 2.67 bits per heavy atom. The van der Waals surface area contributed by atoms with E-state index < -0.39 is 0 Å². The smallest absolute Gasteiger partial charge is 0.236 e. The van der Waals surface area contributed by atoms with Gasteiger partial charge in [-0.05, 0) is 31.6 Å². The minimum absolute atomic E-state index is 0.227. The lowest BCUT2D eigenvalue weighted by atomic mass is 10.1. The molecule has 0 aromatic carbocycles. The molecule has 0 unspecified atom stereocenters. The summed E-state index contributed by atoms with van der Waals surface area (Å²) < 4.78 is 0. The molecular weight excluding hydrogens is 188 g/mol. The molecule has 0 bridgehead atoms. The third-order valence-corrected chi connectivity index (χ3v) is 2.82. The molecule has 3 heteroatoms. The molecule has 3 nitrogen and oxygen atoms in total. The second-order valence-electron chi connectivity index (χ2n) is 5.01. The highest BCUT2D eigenvalue weighted by Crippen LogP contribution is 2.18. The van der Waals surface area contributed by atoms with Crippen LogP contribution in [-0.2, 0) is 4.79 Å². The Kier molecular flexibility index (Phi) is 5.09. The average molecular weight is 212 g/mol. The molecule has 0 spiro atoms. The lowest BCUT2D eigenvalue weighted by Crippen LogP contribution is -2.36. The van der Waals surface area contributed by atoms with Crippen molar-refractivity contribution < 1.29 is 4.79 Å². The highest BCUT2D eigenvalue weighted by Gasteiger charge is 2.21. The Labute approximate surface area is 93.2 Å². The second kappa shape index (κ2) is 6.11. The quantitative estimate of drug-likeness (QED) is 0.695. The molecule has 0 atom stereocenters. The highest BCUT2D eigenvalue weighted by atomic mass is 16.2. The molecule has 0 aromatic rings. The number of amides is 1. The number of likely N-dealkylation sites (N-methyl/N-ethyl adjacent to an activating group) is 1. The topological polar surface area (TPSA) is 32.3 Å². The van der Waals surface area contributed by atoms with Crippen LogP contribution in [0.25, 0.3) is 0 Å². The van der Waals surface area contributed by atoms with Gasteiger partial charge in [0.1, 0.15) is 0 Å². The van der Waals surface area contributed by atoms with E-state index in [9.17, 15) is 4.79 Å². The largest absolute Gasteiger partial charge is 0.345 e. The van der Waals surface area contributed by atoms with Gasteiger partial charge in [0.2, 0.25) is 5.91 Å². The number of nitrogens with one attached hydrogen (secondary N) is 1. The molecule has 1 amide bonds. The highest BCUT2D eigenvalue weighted by molar-refractivity contribution is 5.78. The molecule has 1 aliphatic rings. The van der Waals surface area contributed by atoms with Gasteiger partial charge in [-0.1, -0.05) is 13.8 Å². The molecule has 1 rings (SSSR count). The number of hydrogen-bond donors (Lipinski definition) is 1. The van der Waals surface area contributed by atoms with E-state index in [2.05, 4.69) is 19.2 Å². The number of hydrogen-bond acceptors (Lipinski definition) is 2. The van der Waals surface area contributed by atoms with Crippen molar-refractivity contribution in [1.82, 2.24) is 10.2 Å². The van der Waals surface area contributed by atoms with Crippen LogP contribution in [-0.4, -0.2) is 37.0 Å². The van der Waals surface area contributed by atoms with E-state index >= 15 is 0 Å². The number of carbonyl (C=O) groups excluding carboxylic acids is 1. The standard InChI is InChI=1S/C12H24N2O/c1-10(2)5-4-8-14(3)12(15)9-13-11-6-7-11/h10-11,13H,4-9H2,1-3H3. The first-order chi connectivity index (χ1) is 7.09. The summed E-state index contributed by atoms with van der Waals surface area (Å²) in [6, 6.07) is 0.623. The summed E-state index contributed by atoms with van der Waals surface area (Å²) in [6.45, 7) is 5.85. The Morgan fingerprint density at radius 1 is 1.47 bits per heavy atom. The van der Waals surface area contributed by atoms with Crippen LogP contribution in [0.15, 0.2) is 0 Å². The summed E-state index contributed by atoms with van der Waals surface area (Å²) in [7, 11) is 1.90. The monoisotopic (exact) mass is 212 g/mol. The van der Waals surface area contributed by atoms with Gasteiger partial charge in [0.05, 0.1) is 6.54 Å². The van der Waals surface area contributed by atoms with Gasteiger partial charge in [0.25, 0.3) is 0 Å². The summed E-state index contributed by atoms with van der Waals surface area (Å²) in [5, 5.41) is 3.25. The van der Waals surface area contributed by atoms with Crippen LogP contribution in [0.2, 0.25) is 0 Å². The third kappa shape index (κ3) is 5.78. The molecule has 1 aliphatic carbocycles. The van der Waals surface area contributed by atoms with Crippen LogP contribution in [0.4, 0.5) is 0 Å². The van der Waals surface area contributed by atoms with Crippen LogP contribution < -0.4 is 5.32 Å². The molecule has 1 saturated carbocycles. The van der Waals surface area contributed by atoms with Crippen molar-refractivity contribution in [2.75, 3.05) is 20.1 Å². The van der Waals surface area contributed by atoms with Gasteiger partial charge >= 0.3 is 0 Å². The Balaban J connectivity index is 2.03. The third-order valence-electron chi connectivity index (χ3n) is 2.82. The van der Waals surface area contributed by atoms with Gasteiger partial charge in [0, 0.05) is 19.6 Å². The van der Waals surface area contributed by atoms with E-state index in [1.807, 2.05) is 11.9 Å². The number of carbonyl (C=O) groups is 1. The fourth-order valence-corrected chi connectivity index (χ4v) is 1.52. The van der Waals surface area contributed by atoms with Crippen molar-refractivity contribution in [2.45, 2.75) is 45.6 Å². The fourth-order valence-electron chi connectivity index (χ4n) is 1.52. The number of nitrogens with zero attached hydrogens (tertiary/aromatic N) is 1. The molecular formula is C12H24N2O. The lowest BCUT2D eigenvalue weighted by molar-refractivity contribution is -0.129. The molecule has 15 heavy (non-hydrogen) atoms. The van der Waals surface area contributed by atoms with Gasteiger partial charge in [0.15, 0.2) is 0 Å². The molecule has 0 saturated heterocycles. The van der Waals surface area contributed by atoms with Crippen LogP contribution in [0.5, 0.6) is 0 Å². The summed E-state index contributed by atoms with van der Waals surface area (Å²) in [6.07, 6.45) is 4.80. The van der Waals surface area contributed by atoms with Gasteiger partial charge in [-0.25, -0.2) is 0 Å². The van der Waals surface area contributed by atoms with Crippen LogP contribution in [0.3, 0.4) is 0 Å². The lowest BCUT2D eigenvalue weighted by Gasteiger charge is -2.17. The molecule has 88 valence electrons. The normalized spacial score (nSPS) is 15.7. The molecule has 1 N–H and O–H groups in total. The van der Waals surface area contributed by atoms with Crippen molar-refractivity contribution in [2.24, 2.45) is 5.92 Å². The van der Waals surface area contributed by atoms with Crippen molar-refractivity contribution >= 4 is 5.91 Å². The van der Waals surface area contributed by atoms with Crippen molar-refractivity contribution in [1.29, 1.82) is 0 Å². The summed E-state index contributed by atoms with van der Waals surface area (Å²) in [4.78, 5) is 13.5. The van der Waals surface area contributed by atoms with E-state index in [-0.39, 0.29) is 5.91 Å². The predicted octanol–water partition coefficient (Wildman–Crippen LogP) is 1.63. The zero-order valence-electron chi connectivity index (χ0n) is 10.3. The van der Waals surface area contributed by atoms with E-state index in [1.165, 1.54) is 19.3 Å². The molecule has 0 aromatic heterocycles. The zero-order chi connectivity index (χ0) is 11.3. The Morgan fingerprint density at radius 2 is 2.13 bits per heavy atom. The Hall–Kier alpha value is -0.570. The first-order valence-electron chi connectivity index (χ1n) is 6.07. The maximum absolute atomic E-state index is 11.6. The first-order valence-corrected chi connectivity index (χ1v) is 6.07. The van der Waals surface area contributed by atoms with Gasteiger partial charge < -0.3 is 10.2 Å². The summed E-state index contributed by atoms with van der Waals surface area (Å²) in [5.74, 6) is 0.962. The second-order valence-corrected chi connectivity index (χ2v) is 5.01. The van der Waals surface area contributed by atoms with E-state index in [1.54, 1.807) is 0 Å². The SMILES string of the molecule is CC(C)CCCN(C)C(=O)CNC1CC1. The van der Waals surface area contributed by atoms with Crippen molar-refractivity contribution in [3.8, 4) is 0 Å². The minimum Gasteiger partial charge on any atom is -0.345 e. The molecule has 0 radical (unpaired) electrons. The van der Waals surface area contributed by atoms with Crippen LogP contribution >= 0.6 is 0 Å². The number of rotatable bonds is 7. The fraction of sp³-hybridized carbons (Fsp3) is 0.917. The predicted molar refractivity (Wildman–Crippen MR) is 62.7 cm³/mol. The Bertz CT molecular complexity index is 200. The van der Waals surface area contributed by atoms with Gasteiger partial charge in [-0.15, -0.1) is 0 Å². The van der Waals surface area contributed by atoms with E-state index in [4.69, 9.17) is 0 Å².